The highest BCUT2D eigenvalue weighted by Crippen LogP contribution is 2.28. The van der Waals surface area contributed by atoms with Crippen LogP contribution in [0.25, 0.3) is 0 Å². The molecule has 0 radical (unpaired) electrons. The Morgan fingerprint density at radius 1 is 1.22 bits per heavy atom. The van der Waals surface area contributed by atoms with E-state index >= 15 is 0 Å². The Hall–Kier alpha value is -1.25. The van der Waals surface area contributed by atoms with Crippen LogP contribution >= 0.6 is 11.6 Å². The molecule has 3 heteroatoms. The predicted octanol–water partition coefficient (Wildman–Crippen LogP) is 4.13. The number of benzene rings is 1. The quantitative estimate of drug-likeness (QED) is 0.904. The maximum absolute atomic E-state index is 10.2. The second-order valence-corrected chi connectivity index (χ2v) is 5.09. The zero-order chi connectivity index (χ0) is 13.3. The lowest BCUT2D eigenvalue weighted by Crippen LogP contribution is -2.05. The molecule has 0 spiro atoms. The van der Waals surface area contributed by atoms with Gasteiger partial charge in [0.15, 0.2) is 5.22 Å². The molecule has 0 saturated heterocycles. The zero-order valence-electron chi connectivity index (χ0n) is 10.8. The van der Waals surface area contributed by atoms with E-state index in [0.717, 1.165) is 0 Å². The molecule has 18 heavy (non-hydrogen) atoms. The first kappa shape index (κ1) is 13.2. The average Bonchev–Trinajstić information content (AvgIpc) is 2.69. The molecule has 1 heterocycles. The Morgan fingerprint density at radius 3 is 2.33 bits per heavy atom. The number of aryl methyl sites for hydroxylation is 3. The highest BCUT2D eigenvalue weighted by atomic mass is 35.5. The Morgan fingerprint density at radius 2 is 1.83 bits per heavy atom. The van der Waals surface area contributed by atoms with Crippen molar-refractivity contribution in [1.82, 2.24) is 0 Å². The molecule has 1 aromatic carbocycles. The van der Waals surface area contributed by atoms with Crippen LogP contribution in [-0.2, 0) is 6.42 Å². The van der Waals surface area contributed by atoms with Crippen LogP contribution < -0.4 is 0 Å². The first-order chi connectivity index (χ1) is 8.49. The molecule has 1 unspecified atom stereocenters. The van der Waals surface area contributed by atoms with Gasteiger partial charge in [0.05, 0.1) is 12.4 Å². The van der Waals surface area contributed by atoms with Crippen molar-refractivity contribution in [3.63, 3.8) is 0 Å². The van der Waals surface area contributed by atoms with Crippen LogP contribution in [-0.4, -0.2) is 5.11 Å². The van der Waals surface area contributed by atoms with Crippen LogP contribution in [0.1, 0.15) is 33.9 Å². The molecule has 0 fully saturated rings. The normalized spacial score (nSPS) is 12.7. The molecule has 1 N–H and O–H groups in total. The fraction of sp³-hybridized carbons (Fsp3) is 0.333. The summed E-state index contributed by atoms with van der Waals surface area (Å²) in [5, 5.41) is 10.5. The van der Waals surface area contributed by atoms with Crippen molar-refractivity contribution in [2.24, 2.45) is 0 Å². The smallest absolute Gasteiger partial charge is 0.198 e. The average molecular weight is 265 g/mol. The number of halogens is 1. The van der Waals surface area contributed by atoms with Gasteiger partial charge in [-0.3, -0.25) is 0 Å². The van der Waals surface area contributed by atoms with Gasteiger partial charge in [0, 0.05) is 12.0 Å². The number of hydrogen-bond acceptors (Lipinski definition) is 2. The van der Waals surface area contributed by atoms with Gasteiger partial charge >= 0.3 is 0 Å². The van der Waals surface area contributed by atoms with Crippen molar-refractivity contribution >= 4 is 11.6 Å². The molecule has 0 saturated carbocycles. The summed E-state index contributed by atoms with van der Waals surface area (Å²) in [5.74, 6) is 0. The van der Waals surface area contributed by atoms with Gasteiger partial charge in [-0.15, -0.1) is 0 Å². The molecule has 2 aromatic rings. The van der Waals surface area contributed by atoms with Crippen LogP contribution in [0.3, 0.4) is 0 Å². The third-order valence-electron chi connectivity index (χ3n) is 3.24. The minimum absolute atomic E-state index is 0.268. The SMILES string of the molecule is Cc1cc(C)c(CC(O)c2ccoc2Cl)c(C)c1. The third kappa shape index (κ3) is 2.60. The molecule has 0 aliphatic rings. The monoisotopic (exact) mass is 264 g/mol. The third-order valence-corrected chi connectivity index (χ3v) is 3.55. The number of furan rings is 1. The second-order valence-electron chi connectivity index (χ2n) is 4.75. The second kappa shape index (κ2) is 5.17. The van der Waals surface area contributed by atoms with E-state index in [0.29, 0.717) is 12.0 Å². The largest absolute Gasteiger partial charge is 0.453 e. The van der Waals surface area contributed by atoms with Gasteiger partial charge in [-0.2, -0.15) is 0 Å². The number of aliphatic hydroxyl groups is 1. The highest BCUT2D eigenvalue weighted by molar-refractivity contribution is 6.29. The van der Waals surface area contributed by atoms with Gasteiger partial charge in [-0.05, 0) is 55.1 Å². The first-order valence-corrected chi connectivity index (χ1v) is 6.34. The predicted molar refractivity (Wildman–Crippen MR) is 73.0 cm³/mol. The summed E-state index contributed by atoms with van der Waals surface area (Å²) in [6.45, 7) is 6.21. The van der Waals surface area contributed by atoms with E-state index in [1.807, 2.05) is 0 Å². The van der Waals surface area contributed by atoms with Crippen molar-refractivity contribution in [3.05, 3.63) is 57.5 Å². The lowest BCUT2D eigenvalue weighted by molar-refractivity contribution is 0.177. The van der Waals surface area contributed by atoms with Crippen LogP contribution in [0.5, 0.6) is 0 Å². The van der Waals surface area contributed by atoms with E-state index in [1.165, 1.54) is 28.5 Å². The summed E-state index contributed by atoms with van der Waals surface area (Å²) in [4.78, 5) is 0. The Bertz CT molecular complexity index is 534. The standard InChI is InChI=1S/C15H17ClO2/c1-9-6-10(2)13(11(3)7-9)8-14(17)12-4-5-18-15(12)16/h4-7,14,17H,8H2,1-3H3. The summed E-state index contributed by atoms with van der Waals surface area (Å²) in [7, 11) is 0. The van der Waals surface area contributed by atoms with E-state index in [1.54, 1.807) is 6.07 Å². The van der Waals surface area contributed by atoms with Crippen molar-refractivity contribution in [1.29, 1.82) is 0 Å². The molecule has 0 aliphatic heterocycles. The Kier molecular flexibility index (Phi) is 3.79. The van der Waals surface area contributed by atoms with Crippen molar-refractivity contribution in [3.8, 4) is 0 Å². The summed E-state index contributed by atoms with van der Waals surface area (Å²) >= 11 is 5.88. The van der Waals surface area contributed by atoms with Gasteiger partial charge < -0.3 is 9.52 Å². The molecule has 1 atom stereocenters. The van der Waals surface area contributed by atoms with E-state index < -0.39 is 6.10 Å². The first-order valence-electron chi connectivity index (χ1n) is 5.96. The lowest BCUT2D eigenvalue weighted by Gasteiger charge is -2.15. The molecule has 96 valence electrons. The maximum Gasteiger partial charge on any atom is 0.198 e. The van der Waals surface area contributed by atoms with Crippen LogP contribution in [0.4, 0.5) is 0 Å². The minimum atomic E-state index is -0.628. The number of hydrogen-bond donors (Lipinski definition) is 1. The molecule has 1 aromatic heterocycles. The topological polar surface area (TPSA) is 33.4 Å². The molecular weight excluding hydrogens is 248 g/mol. The van der Waals surface area contributed by atoms with Gasteiger partial charge in [0.25, 0.3) is 0 Å². The molecular formula is C15H17ClO2. The Balaban J connectivity index is 2.27. The minimum Gasteiger partial charge on any atom is -0.453 e. The highest BCUT2D eigenvalue weighted by Gasteiger charge is 2.16. The fourth-order valence-corrected chi connectivity index (χ4v) is 2.62. The molecule has 0 bridgehead atoms. The summed E-state index contributed by atoms with van der Waals surface area (Å²) in [5.41, 5.74) is 5.46. The van der Waals surface area contributed by atoms with Crippen molar-refractivity contribution in [2.45, 2.75) is 33.3 Å². The van der Waals surface area contributed by atoms with Gasteiger partial charge in [-0.25, -0.2) is 0 Å². The van der Waals surface area contributed by atoms with Gasteiger partial charge in [-0.1, -0.05) is 17.7 Å². The van der Waals surface area contributed by atoms with E-state index in [2.05, 4.69) is 32.9 Å². The fourth-order valence-electron chi connectivity index (χ4n) is 2.38. The van der Waals surface area contributed by atoms with Crippen LogP contribution in [0, 0.1) is 20.8 Å². The van der Waals surface area contributed by atoms with E-state index in [9.17, 15) is 5.11 Å². The van der Waals surface area contributed by atoms with Crippen molar-refractivity contribution in [2.75, 3.05) is 0 Å². The van der Waals surface area contributed by atoms with Crippen molar-refractivity contribution < 1.29 is 9.52 Å². The van der Waals surface area contributed by atoms with Crippen LogP contribution in [0.15, 0.2) is 28.9 Å². The zero-order valence-corrected chi connectivity index (χ0v) is 11.6. The molecule has 0 aliphatic carbocycles. The number of aliphatic hydroxyl groups excluding tert-OH is 1. The van der Waals surface area contributed by atoms with Gasteiger partial charge in [0.2, 0.25) is 0 Å². The maximum atomic E-state index is 10.2. The summed E-state index contributed by atoms with van der Waals surface area (Å²) in [6.07, 6.45) is 1.42. The summed E-state index contributed by atoms with van der Waals surface area (Å²) < 4.78 is 5.01. The van der Waals surface area contributed by atoms with Crippen LogP contribution in [0.2, 0.25) is 5.22 Å². The van der Waals surface area contributed by atoms with E-state index in [4.69, 9.17) is 16.0 Å². The Labute approximate surface area is 112 Å². The van der Waals surface area contributed by atoms with Gasteiger partial charge in [0.1, 0.15) is 0 Å². The molecule has 2 nitrogen and oxygen atoms in total. The molecule has 0 amide bonds. The summed E-state index contributed by atoms with van der Waals surface area (Å²) in [6, 6.07) is 5.98. The number of rotatable bonds is 3. The molecule has 2 rings (SSSR count). The van der Waals surface area contributed by atoms with E-state index in [-0.39, 0.29) is 5.22 Å². The lowest BCUT2D eigenvalue weighted by atomic mass is 9.94.